The molecule has 2 heterocycles. The van der Waals surface area contributed by atoms with Crippen LogP contribution in [0.2, 0.25) is 5.02 Å². The van der Waals surface area contributed by atoms with E-state index in [2.05, 4.69) is 19.2 Å². The third-order valence-corrected chi connectivity index (χ3v) is 4.34. The van der Waals surface area contributed by atoms with Crippen LogP contribution in [0.15, 0.2) is 6.07 Å². The van der Waals surface area contributed by atoms with Crippen LogP contribution < -0.4 is 14.8 Å². The van der Waals surface area contributed by atoms with E-state index in [9.17, 15) is 0 Å². The van der Waals surface area contributed by atoms with Gasteiger partial charge in [-0.25, -0.2) is 0 Å². The normalized spacial score (nSPS) is 26.4. The van der Waals surface area contributed by atoms with Crippen molar-refractivity contribution in [2.75, 3.05) is 19.8 Å². The molecule has 1 atom stereocenters. The molecule has 1 saturated heterocycles. The minimum absolute atomic E-state index is 0.0558. The number of hydrogen-bond donors (Lipinski definition) is 1. The van der Waals surface area contributed by atoms with Crippen LogP contribution in [0.1, 0.15) is 30.9 Å². The van der Waals surface area contributed by atoms with Crippen molar-refractivity contribution in [1.82, 2.24) is 5.32 Å². The molecule has 0 spiro atoms. The summed E-state index contributed by atoms with van der Waals surface area (Å²) in [6, 6.07) is 1.87. The van der Waals surface area contributed by atoms with E-state index in [1.54, 1.807) is 0 Å². The van der Waals surface area contributed by atoms with Gasteiger partial charge < -0.3 is 14.8 Å². The molecule has 0 saturated carbocycles. The van der Waals surface area contributed by atoms with Gasteiger partial charge in [0, 0.05) is 22.2 Å². The van der Waals surface area contributed by atoms with E-state index in [4.69, 9.17) is 21.1 Å². The van der Waals surface area contributed by atoms with Crippen molar-refractivity contribution in [2.45, 2.75) is 32.2 Å². The molecule has 1 aromatic rings. The highest BCUT2D eigenvalue weighted by Gasteiger charge is 2.37. The Hall–Kier alpha value is -0.930. The van der Waals surface area contributed by atoms with Crippen LogP contribution in [-0.2, 0) is 5.54 Å². The summed E-state index contributed by atoms with van der Waals surface area (Å²) in [5, 5.41) is 4.33. The second-order valence-corrected chi connectivity index (χ2v) is 5.65. The van der Waals surface area contributed by atoms with Crippen molar-refractivity contribution in [3.8, 4) is 11.5 Å². The van der Waals surface area contributed by atoms with Crippen molar-refractivity contribution in [3.63, 3.8) is 0 Å². The van der Waals surface area contributed by atoms with Crippen LogP contribution in [0.5, 0.6) is 11.5 Å². The summed E-state index contributed by atoms with van der Waals surface area (Å²) < 4.78 is 11.5. The van der Waals surface area contributed by atoms with Crippen LogP contribution in [0.3, 0.4) is 0 Å². The minimum Gasteiger partial charge on any atom is -0.486 e. The van der Waals surface area contributed by atoms with E-state index in [1.807, 2.05) is 6.07 Å². The first-order chi connectivity index (χ1) is 8.62. The minimum atomic E-state index is -0.0558. The summed E-state index contributed by atoms with van der Waals surface area (Å²) in [5.74, 6) is 1.65. The number of fused-ring (bicyclic) bond motifs is 1. The van der Waals surface area contributed by atoms with Crippen molar-refractivity contribution < 1.29 is 9.47 Å². The second-order valence-electron chi connectivity index (χ2n) is 5.25. The predicted molar refractivity (Wildman–Crippen MR) is 71.8 cm³/mol. The van der Waals surface area contributed by atoms with Crippen molar-refractivity contribution in [3.05, 3.63) is 22.2 Å². The highest BCUT2D eigenvalue weighted by Crippen LogP contribution is 2.46. The Morgan fingerprint density at radius 1 is 1.33 bits per heavy atom. The fourth-order valence-electron chi connectivity index (χ4n) is 3.02. The molecular weight excluding hydrogens is 250 g/mol. The maximum Gasteiger partial charge on any atom is 0.166 e. The molecule has 3 nitrogen and oxygen atoms in total. The summed E-state index contributed by atoms with van der Waals surface area (Å²) in [7, 11) is 0. The molecule has 2 aliphatic rings. The Morgan fingerprint density at radius 3 is 2.83 bits per heavy atom. The topological polar surface area (TPSA) is 30.5 Å². The number of halogens is 1. The maximum atomic E-state index is 6.33. The molecule has 98 valence electrons. The molecule has 0 aromatic heterocycles. The van der Waals surface area contributed by atoms with E-state index in [0.717, 1.165) is 35.1 Å². The van der Waals surface area contributed by atoms with E-state index in [1.165, 1.54) is 12.0 Å². The Labute approximate surface area is 112 Å². The van der Waals surface area contributed by atoms with E-state index in [0.29, 0.717) is 13.2 Å². The van der Waals surface area contributed by atoms with Crippen LogP contribution >= 0.6 is 11.6 Å². The van der Waals surface area contributed by atoms with Gasteiger partial charge in [0.1, 0.15) is 13.2 Å². The molecule has 0 aliphatic carbocycles. The van der Waals surface area contributed by atoms with E-state index >= 15 is 0 Å². The van der Waals surface area contributed by atoms with Gasteiger partial charge in [0.2, 0.25) is 0 Å². The first-order valence-corrected chi connectivity index (χ1v) is 6.84. The van der Waals surface area contributed by atoms with Crippen LogP contribution in [-0.4, -0.2) is 19.8 Å². The van der Waals surface area contributed by atoms with Gasteiger partial charge in [0.05, 0.1) is 0 Å². The number of rotatable bonds is 1. The number of benzene rings is 1. The highest BCUT2D eigenvalue weighted by atomic mass is 35.5. The summed E-state index contributed by atoms with van der Waals surface area (Å²) in [6.45, 7) is 6.52. The molecule has 1 aromatic carbocycles. The molecule has 18 heavy (non-hydrogen) atoms. The maximum absolute atomic E-state index is 6.33. The van der Waals surface area contributed by atoms with Crippen molar-refractivity contribution >= 4 is 11.6 Å². The van der Waals surface area contributed by atoms with Gasteiger partial charge >= 0.3 is 0 Å². The summed E-state index contributed by atoms with van der Waals surface area (Å²) in [6.07, 6.45) is 2.28. The highest BCUT2D eigenvalue weighted by molar-refractivity contribution is 6.31. The van der Waals surface area contributed by atoms with Gasteiger partial charge in [0.25, 0.3) is 0 Å². The van der Waals surface area contributed by atoms with Gasteiger partial charge in [-0.15, -0.1) is 0 Å². The third kappa shape index (κ3) is 1.77. The third-order valence-electron chi connectivity index (χ3n) is 3.95. The van der Waals surface area contributed by atoms with Gasteiger partial charge in [-0.2, -0.15) is 0 Å². The van der Waals surface area contributed by atoms with E-state index in [-0.39, 0.29) is 5.54 Å². The molecule has 3 rings (SSSR count). The Bertz CT molecular complexity index is 481. The lowest BCUT2D eigenvalue weighted by molar-refractivity contribution is 0.166. The lowest BCUT2D eigenvalue weighted by Crippen LogP contribution is -2.35. The fourth-order valence-corrected chi connectivity index (χ4v) is 3.21. The average molecular weight is 268 g/mol. The molecular formula is C14H18ClNO2. The van der Waals surface area contributed by atoms with Crippen LogP contribution in [0.4, 0.5) is 0 Å². The summed E-state index contributed by atoms with van der Waals surface area (Å²) in [4.78, 5) is 0. The molecule has 0 bridgehead atoms. The fraction of sp³-hybridized carbons (Fsp3) is 0.571. The Morgan fingerprint density at radius 2 is 2.11 bits per heavy atom. The first kappa shape index (κ1) is 12.1. The molecule has 1 fully saturated rings. The van der Waals surface area contributed by atoms with Gasteiger partial charge in [0.15, 0.2) is 11.5 Å². The molecule has 4 heteroatoms. The SMILES string of the molecule is Cc1c(Cl)cc2c(c1C1(C)CCCN1)OCCO2. The zero-order chi connectivity index (χ0) is 12.8. The standard InChI is InChI=1S/C14H18ClNO2/c1-9-10(15)8-11-13(18-7-6-17-11)12(9)14(2)4-3-5-16-14/h8,16H,3-7H2,1-2H3. The number of nitrogens with one attached hydrogen (secondary N) is 1. The Kier molecular flexibility index (Phi) is 2.91. The summed E-state index contributed by atoms with van der Waals surface area (Å²) in [5.41, 5.74) is 2.21. The second kappa shape index (κ2) is 4.32. The lowest BCUT2D eigenvalue weighted by atomic mass is 9.86. The van der Waals surface area contributed by atoms with Crippen LogP contribution in [0, 0.1) is 6.92 Å². The van der Waals surface area contributed by atoms with E-state index < -0.39 is 0 Å². The van der Waals surface area contributed by atoms with Crippen molar-refractivity contribution in [2.24, 2.45) is 0 Å². The largest absolute Gasteiger partial charge is 0.486 e. The quantitative estimate of drug-likeness (QED) is 0.848. The average Bonchev–Trinajstić information content (AvgIpc) is 2.78. The first-order valence-electron chi connectivity index (χ1n) is 6.46. The molecule has 1 unspecified atom stereocenters. The molecule has 0 radical (unpaired) electrons. The zero-order valence-corrected chi connectivity index (χ0v) is 11.6. The number of ether oxygens (including phenoxy) is 2. The van der Waals surface area contributed by atoms with Crippen LogP contribution in [0.25, 0.3) is 0 Å². The van der Waals surface area contributed by atoms with Crippen molar-refractivity contribution in [1.29, 1.82) is 0 Å². The summed E-state index contributed by atoms with van der Waals surface area (Å²) >= 11 is 6.33. The molecule has 2 aliphatic heterocycles. The lowest BCUT2D eigenvalue weighted by Gasteiger charge is -2.32. The monoisotopic (exact) mass is 267 g/mol. The van der Waals surface area contributed by atoms with Gasteiger partial charge in [-0.1, -0.05) is 11.6 Å². The van der Waals surface area contributed by atoms with Gasteiger partial charge in [-0.3, -0.25) is 0 Å². The molecule has 1 N–H and O–H groups in total. The zero-order valence-electron chi connectivity index (χ0n) is 10.8. The number of hydrogen-bond acceptors (Lipinski definition) is 3. The van der Waals surface area contributed by atoms with Gasteiger partial charge in [-0.05, 0) is 38.8 Å². The smallest absolute Gasteiger partial charge is 0.166 e. The molecule has 0 amide bonds. The Balaban J connectivity index is 2.20. The predicted octanol–water partition coefficient (Wildman–Crippen LogP) is 3.02.